The topological polar surface area (TPSA) is 335 Å². The first-order valence-electron chi connectivity index (χ1n) is 20.7. The van der Waals surface area contributed by atoms with Gasteiger partial charge in [-0.1, -0.05) is 34.2 Å². The summed E-state index contributed by atoms with van der Waals surface area (Å²) in [5.41, 5.74) is 9.60. The molecular formula is C41H47N7O16P3S2+. The number of anilines is 2. The Balaban J connectivity index is 1.03. The molecule has 69 heavy (non-hydrogen) atoms. The number of nitrogens with zero attached hydrogens (tertiary/aromatic N) is 3. The van der Waals surface area contributed by atoms with Crippen LogP contribution in [-0.4, -0.2) is 93.8 Å². The number of ether oxygens (including phenoxy) is 3. The van der Waals surface area contributed by atoms with Crippen molar-refractivity contribution in [2.75, 3.05) is 36.7 Å². The van der Waals surface area contributed by atoms with Crippen LogP contribution < -0.4 is 37.1 Å². The number of H-pyrrole nitrogens is 1. The van der Waals surface area contributed by atoms with E-state index < -0.39 is 71.1 Å². The summed E-state index contributed by atoms with van der Waals surface area (Å²) in [6.07, 6.45) is -1.69. The summed E-state index contributed by atoms with van der Waals surface area (Å²) in [4.78, 5) is 78.1. The molecule has 7 rings (SSSR count). The SMILES string of the molecule is C=c1cc2c(cc1C)=C(c1ccc(C(=O)NCC(C)(C)SSCO[C@@H]3C[C@H](n4cnc5c(=O)[nH]c(N)nc54)O[C@@H]3COP(=O)(O)OP(=O)(O)O[P+](=O)O)cc1C(=O)O)c1cc(C)c(NCC)cc1O2. The normalized spacial score (nSPS) is 18.7. The molecule has 2 aromatic heterocycles. The highest BCUT2D eigenvalue weighted by Crippen LogP contribution is 2.63. The molecule has 3 unspecified atom stereocenters. The summed E-state index contributed by atoms with van der Waals surface area (Å²) in [7, 11) is -12.0. The molecule has 0 spiro atoms. The molecule has 1 saturated heterocycles. The zero-order valence-corrected chi connectivity index (χ0v) is 41.7. The number of phosphoric ester groups is 1. The number of hydrogen-bond donors (Lipinski definition) is 8. The maximum absolute atomic E-state index is 13.7. The van der Waals surface area contributed by atoms with E-state index in [9.17, 15) is 43.0 Å². The molecule has 0 saturated carbocycles. The smallest absolute Gasteiger partial charge is 0.478 e. The molecular weight excluding hydrogens is 1000 g/mol. The van der Waals surface area contributed by atoms with Crippen LogP contribution in [0.4, 0.5) is 11.6 Å². The number of imidazole rings is 1. The Bertz CT molecular complexity index is 3150. The Morgan fingerprint density at radius 3 is 2.57 bits per heavy atom. The van der Waals surface area contributed by atoms with Gasteiger partial charge in [-0.25, -0.2) is 18.9 Å². The minimum atomic E-state index is -5.52. The van der Waals surface area contributed by atoms with Gasteiger partial charge < -0.3 is 40.6 Å². The van der Waals surface area contributed by atoms with Crippen LogP contribution in [0.15, 0.2) is 53.6 Å². The van der Waals surface area contributed by atoms with Crippen molar-refractivity contribution in [3.05, 3.63) is 103 Å². The van der Waals surface area contributed by atoms with Crippen LogP contribution in [0.5, 0.6) is 11.5 Å². The quantitative estimate of drug-likeness (QED) is 0.0207. The molecule has 6 atom stereocenters. The van der Waals surface area contributed by atoms with Gasteiger partial charge in [0.2, 0.25) is 5.95 Å². The third-order valence-corrected chi connectivity index (χ3v) is 17.1. The number of nitrogens with one attached hydrogen (secondary N) is 3. The summed E-state index contributed by atoms with van der Waals surface area (Å²) in [5.74, 6) is -0.899. The summed E-state index contributed by atoms with van der Waals surface area (Å²) in [5, 5.41) is 18.2. The van der Waals surface area contributed by atoms with E-state index in [1.165, 1.54) is 38.5 Å². The fourth-order valence-corrected chi connectivity index (χ4v) is 12.3. The molecule has 2 aliphatic rings. The summed E-state index contributed by atoms with van der Waals surface area (Å²) >= 11 is 0. The molecule has 28 heteroatoms. The number of carboxylic acid groups (broad SMARTS) is 1. The zero-order valence-electron chi connectivity index (χ0n) is 37.4. The predicted octanol–water partition coefficient (Wildman–Crippen LogP) is 5.33. The van der Waals surface area contributed by atoms with E-state index in [1.54, 1.807) is 12.1 Å². The van der Waals surface area contributed by atoms with Crippen LogP contribution in [0, 0.1) is 13.8 Å². The van der Waals surface area contributed by atoms with Crippen molar-refractivity contribution in [1.82, 2.24) is 24.8 Å². The molecule has 0 aliphatic carbocycles. The number of rotatable bonds is 20. The van der Waals surface area contributed by atoms with Crippen LogP contribution in [0.3, 0.4) is 0 Å². The minimum Gasteiger partial charge on any atom is -0.478 e. The van der Waals surface area contributed by atoms with Crippen LogP contribution in [0.1, 0.15) is 76.4 Å². The van der Waals surface area contributed by atoms with Crippen molar-refractivity contribution in [3.8, 4) is 11.5 Å². The minimum absolute atomic E-state index is 0.0174. The van der Waals surface area contributed by atoms with E-state index in [4.69, 9.17) is 29.4 Å². The first kappa shape index (κ1) is 51.9. The van der Waals surface area contributed by atoms with Gasteiger partial charge in [-0.05, 0) is 91.2 Å². The van der Waals surface area contributed by atoms with Crippen LogP contribution in [-0.2, 0) is 36.3 Å². The van der Waals surface area contributed by atoms with Crippen molar-refractivity contribution in [2.45, 2.75) is 64.2 Å². The molecule has 9 N–H and O–H groups in total. The maximum Gasteiger partial charge on any atom is 0.705 e. The molecule has 3 aromatic carbocycles. The molecule has 5 aromatic rings. The van der Waals surface area contributed by atoms with Crippen molar-refractivity contribution in [1.29, 1.82) is 0 Å². The third-order valence-electron chi connectivity index (χ3n) is 10.7. The molecule has 4 heterocycles. The summed E-state index contributed by atoms with van der Waals surface area (Å²) < 4.78 is 67.4. The first-order valence-corrected chi connectivity index (χ1v) is 27.1. The van der Waals surface area contributed by atoms with Gasteiger partial charge in [0.25, 0.3) is 11.5 Å². The molecule has 368 valence electrons. The predicted molar refractivity (Wildman–Crippen MR) is 256 cm³/mol. The zero-order chi connectivity index (χ0) is 50.2. The number of hydrogen-bond acceptors (Lipinski definition) is 18. The van der Waals surface area contributed by atoms with Gasteiger partial charge in [-0.15, -0.1) is 4.89 Å². The lowest BCUT2D eigenvalue weighted by atomic mass is 9.87. The van der Waals surface area contributed by atoms with Crippen molar-refractivity contribution < 1.29 is 70.4 Å². The summed E-state index contributed by atoms with van der Waals surface area (Å²) in [6.45, 7) is 13.7. The highest BCUT2D eigenvalue weighted by atomic mass is 33.1. The highest BCUT2D eigenvalue weighted by Gasteiger charge is 2.45. The number of carboxylic acids is 1. The second-order valence-corrected chi connectivity index (χ2v) is 23.1. The van der Waals surface area contributed by atoms with E-state index in [0.29, 0.717) is 40.0 Å². The van der Waals surface area contributed by atoms with E-state index >= 15 is 0 Å². The second kappa shape index (κ2) is 20.8. The lowest BCUT2D eigenvalue weighted by Crippen LogP contribution is -2.36. The Morgan fingerprint density at radius 2 is 1.86 bits per heavy atom. The van der Waals surface area contributed by atoms with Crippen molar-refractivity contribution in [3.63, 3.8) is 0 Å². The van der Waals surface area contributed by atoms with Crippen LogP contribution in [0.25, 0.3) is 23.3 Å². The lowest BCUT2D eigenvalue weighted by Gasteiger charge is -2.25. The number of carbonyl (C=O) groups is 2. The number of aryl methyl sites for hydroxylation is 2. The Hall–Kier alpha value is -4.97. The number of fused-ring (bicyclic) bond motifs is 3. The fourth-order valence-electron chi connectivity index (χ4n) is 7.49. The molecule has 1 fully saturated rings. The van der Waals surface area contributed by atoms with E-state index in [0.717, 1.165) is 22.0 Å². The number of aromatic amines is 1. The number of aromatic carboxylic acids is 1. The average molecular weight is 1050 g/mol. The molecule has 1 amide bonds. The van der Waals surface area contributed by atoms with Gasteiger partial charge in [0.15, 0.2) is 11.2 Å². The number of nitrogen functional groups attached to an aromatic ring is 1. The number of aromatic nitrogens is 4. The Morgan fingerprint density at radius 1 is 1.10 bits per heavy atom. The van der Waals surface area contributed by atoms with Crippen molar-refractivity contribution in [2.24, 2.45) is 0 Å². The number of amides is 1. The van der Waals surface area contributed by atoms with Gasteiger partial charge >= 0.3 is 29.9 Å². The number of phosphoric acid groups is 2. The van der Waals surface area contributed by atoms with Crippen molar-refractivity contribution >= 4 is 92.3 Å². The van der Waals surface area contributed by atoms with Crippen LogP contribution in [0.2, 0.25) is 0 Å². The third kappa shape index (κ3) is 12.1. The van der Waals surface area contributed by atoms with Gasteiger partial charge in [0.05, 0.1) is 24.6 Å². The van der Waals surface area contributed by atoms with E-state index in [1.807, 2.05) is 58.9 Å². The molecule has 0 radical (unpaired) electrons. The number of carbonyl (C=O) groups excluding carboxylic acids is 1. The Kier molecular flexibility index (Phi) is 15.6. The highest BCUT2D eigenvalue weighted by molar-refractivity contribution is 8.77. The largest absolute Gasteiger partial charge is 0.705 e. The van der Waals surface area contributed by atoms with E-state index in [-0.39, 0.29) is 47.1 Å². The molecule has 0 bridgehead atoms. The molecule has 2 aliphatic heterocycles. The standard InChI is InChI=1S/C41H46N7O16P3S2/c1-7-43-28-14-30-27(11-22(28)4)34(26-10-20(2)21(3)12-29(26)61-30)24-9-8-23(13-25(24)39(51)52)37(49)44-17-41(5,6)69-68-19-59-31-15-33(48-18-45-35-36(48)46-40(42)47-38(35)50)62-32(31)16-60-66(55,56)64-67(57,58)63-65(53)54/h8-14,18,31-33,43H,3,7,15-17,19H2,1-2,4-6H3,(H7-,42,44,46,47,49,50,51,52,53,54,55,56,57,58)/p+1/t31-,32-,33-/m1/s1. The monoisotopic (exact) mass is 1050 g/mol. The number of nitrogens with two attached hydrogens (primary N) is 1. The first-order chi connectivity index (χ1) is 32.4. The Labute approximate surface area is 401 Å². The fraction of sp³-hybridized carbons (Fsp3) is 0.341. The maximum atomic E-state index is 13.7. The van der Waals surface area contributed by atoms with Crippen LogP contribution >= 0.6 is 45.5 Å². The van der Waals surface area contributed by atoms with Gasteiger partial charge in [-0.3, -0.25) is 28.6 Å². The van der Waals surface area contributed by atoms with Gasteiger partial charge in [-0.2, -0.15) is 9.29 Å². The number of benzene rings is 3. The van der Waals surface area contributed by atoms with Gasteiger partial charge in [0, 0.05) is 62.5 Å². The molecule has 23 nitrogen and oxygen atoms in total. The summed E-state index contributed by atoms with van der Waals surface area (Å²) in [6, 6.07) is 12.1. The van der Waals surface area contributed by atoms with E-state index in [2.05, 4.69) is 40.8 Å². The van der Waals surface area contributed by atoms with Gasteiger partial charge in [0.1, 0.15) is 29.8 Å². The second-order valence-electron chi connectivity index (χ2n) is 16.3. The average Bonchev–Trinajstić information content (AvgIpc) is 3.87. The lowest BCUT2D eigenvalue weighted by molar-refractivity contribution is -0.0521.